The van der Waals surface area contributed by atoms with Gasteiger partial charge in [0.05, 0.1) is 12.8 Å². The molecule has 2 aromatic carbocycles. The van der Waals surface area contributed by atoms with Crippen LogP contribution in [0.5, 0.6) is 0 Å². The van der Waals surface area contributed by atoms with E-state index in [1.165, 1.54) is 20.1 Å². The molecule has 0 spiro atoms. The van der Waals surface area contributed by atoms with Crippen LogP contribution in [0, 0.1) is 6.92 Å². The van der Waals surface area contributed by atoms with Gasteiger partial charge in [0, 0.05) is 18.6 Å². The van der Waals surface area contributed by atoms with Crippen LogP contribution in [0.3, 0.4) is 0 Å². The van der Waals surface area contributed by atoms with Gasteiger partial charge in [-0.2, -0.15) is 0 Å². The van der Waals surface area contributed by atoms with Gasteiger partial charge in [0.2, 0.25) is 5.91 Å². The Morgan fingerprint density at radius 3 is 2.39 bits per heavy atom. The maximum absolute atomic E-state index is 11.6. The standard InChI is InChI=1S/C19H19NO3/c1-13-7-9-15(10-8-13)17-6-4-5-16(11-12-18(22)23-3)19(17)20-14(2)21/h4-12H,1-3H3,(H,20,21)/b12-11+. The van der Waals surface area contributed by atoms with Crippen LogP contribution in [-0.2, 0) is 14.3 Å². The minimum absolute atomic E-state index is 0.169. The monoisotopic (exact) mass is 309 g/mol. The predicted octanol–water partition coefficient (Wildman–Crippen LogP) is 3.81. The third kappa shape index (κ3) is 4.30. The van der Waals surface area contributed by atoms with Crippen molar-refractivity contribution in [2.24, 2.45) is 0 Å². The van der Waals surface area contributed by atoms with Crippen molar-refractivity contribution >= 4 is 23.6 Å². The number of benzene rings is 2. The van der Waals surface area contributed by atoms with E-state index in [1.807, 2.05) is 49.4 Å². The Hall–Kier alpha value is -2.88. The number of nitrogens with one attached hydrogen (secondary N) is 1. The zero-order valence-electron chi connectivity index (χ0n) is 13.4. The fourth-order valence-corrected chi connectivity index (χ4v) is 2.22. The van der Waals surface area contributed by atoms with Gasteiger partial charge >= 0.3 is 5.97 Å². The van der Waals surface area contributed by atoms with Gasteiger partial charge in [0.1, 0.15) is 0 Å². The molecule has 23 heavy (non-hydrogen) atoms. The second-order valence-corrected chi connectivity index (χ2v) is 5.17. The van der Waals surface area contributed by atoms with Crippen molar-refractivity contribution in [1.82, 2.24) is 0 Å². The predicted molar refractivity (Wildman–Crippen MR) is 92.0 cm³/mol. The van der Waals surface area contributed by atoms with Crippen LogP contribution in [0.25, 0.3) is 17.2 Å². The third-order valence-electron chi connectivity index (χ3n) is 3.36. The molecular formula is C19H19NO3. The molecule has 2 rings (SSSR count). The Bertz CT molecular complexity index is 746. The van der Waals surface area contributed by atoms with Gasteiger partial charge < -0.3 is 10.1 Å². The summed E-state index contributed by atoms with van der Waals surface area (Å²) in [5.74, 6) is -0.614. The first kappa shape index (κ1) is 16.5. The van der Waals surface area contributed by atoms with Crippen LogP contribution < -0.4 is 5.32 Å². The van der Waals surface area contributed by atoms with E-state index in [4.69, 9.17) is 0 Å². The zero-order valence-corrected chi connectivity index (χ0v) is 13.4. The summed E-state index contributed by atoms with van der Waals surface area (Å²) in [6, 6.07) is 13.7. The molecule has 0 saturated carbocycles. The smallest absolute Gasteiger partial charge is 0.330 e. The second kappa shape index (κ2) is 7.40. The van der Waals surface area contributed by atoms with Crippen molar-refractivity contribution in [2.45, 2.75) is 13.8 Å². The van der Waals surface area contributed by atoms with E-state index in [9.17, 15) is 9.59 Å². The van der Waals surface area contributed by atoms with Crippen LogP contribution in [0.2, 0.25) is 0 Å². The molecule has 0 aromatic heterocycles. The van der Waals surface area contributed by atoms with Crippen molar-refractivity contribution < 1.29 is 14.3 Å². The van der Waals surface area contributed by atoms with Gasteiger partial charge in [-0.15, -0.1) is 0 Å². The van der Waals surface area contributed by atoms with Crippen LogP contribution in [0.4, 0.5) is 5.69 Å². The number of methoxy groups -OCH3 is 1. The molecule has 0 radical (unpaired) electrons. The lowest BCUT2D eigenvalue weighted by molar-refractivity contribution is -0.134. The number of carbonyl (C=O) groups is 2. The molecule has 0 fully saturated rings. The zero-order chi connectivity index (χ0) is 16.8. The normalized spacial score (nSPS) is 10.6. The number of rotatable bonds is 4. The highest BCUT2D eigenvalue weighted by molar-refractivity contribution is 5.98. The summed E-state index contributed by atoms with van der Waals surface area (Å²) in [5.41, 5.74) is 4.46. The first-order valence-corrected chi connectivity index (χ1v) is 7.25. The van der Waals surface area contributed by atoms with Crippen LogP contribution >= 0.6 is 0 Å². The Morgan fingerprint density at radius 2 is 1.78 bits per heavy atom. The number of esters is 1. The summed E-state index contributed by atoms with van der Waals surface area (Å²) in [5, 5.41) is 2.85. The topological polar surface area (TPSA) is 55.4 Å². The van der Waals surface area contributed by atoms with Gasteiger partial charge in [0.15, 0.2) is 0 Å². The van der Waals surface area contributed by atoms with Crippen molar-refractivity contribution in [3.05, 3.63) is 59.7 Å². The van der Waals surface area contributed by atoms with Gasteiger partial charge in [0.25, 0.3) is 0 Å². The highest BCUT2D eigenvalue weighted by Crippen LogP contribution is 2.32. The summed E-state index contributed by atoms with van der Waals surface area (Å²) in [4.78, 5) is 22.9. The number of para-hydroxylation sites is 1. The average Bonchev–Trinajstić information content (AvgIpc) is 2.54. The summed E-state index contributed by atoms with van der Waals surface area (Å²) in [6.07, 6.45) is 2.97. The first-order chi connectivity index (χ1) is 11.0. The Balaban J connectivity index is 2.53. The Morgan fingerprint density at radius 1 is 1.09 bits per heavy atom. The lowest BCUT2D eigenvalue weighted by atomic mass is 9.98. The van der Waals surface area contributed by atoms with Gasteiger partial charge in [-0.3, -0.25) is 4.79 Å². The number of anilines is 1. The van der Waals surface area contributed by atoms with Crippen LogP contribution in [0.15, 0.2) is 48.5 Å². The number of hydrogen-bond acceptors (Lipinski definition) is 3. The quantitative estimate of drug-likeness (QED) is 0.690. The van der Waals surface area contributed by atoms with E-state index in [-0.39, 0.29) is 5.91 Å². The number of amides is 1. The van der Waals surface area contributed by atoms with Crippen molar-refractivity contribution in [3.8, 4) is 11.1 Å². The fraction of sp³-hybridized carbons (Fsp3) is 0.158. The van der Waals surface area contributed by atoms with E-state index in [0.29, 0.717) is 5.69 Å². The molecule has 0 bridgehead atoms. The molecule has 0 aliphatic heterocycles. The average molecular weight is 309 g/mol. The molecule has 118 valence electrons. The summed E-state index contributed by atoms with van der Waals surface area (Å²) in [6.45, 7) is 3.48. The van der Waals surface area contributed by atoms with Crippen LogP contribution in [0.1, 0.15) is 18.1 Å². The molecule has 0 unspecified atom stereocenters. The molecule has 0 aliphatic carbocycles. The van der Waals surface area contributed by atoms with Gasteiger partial charge in [-0.25, -0.2) is 4.79 Å². The molecule has 0 aliphatic rings. The fourth-order valence-electron chi connectivity index (χ4n) is 2.22. The summed E-state index contributed by atoms with van der Waals surface area (Å²) in [7, 11) is 1.32. The number of carbonyl (C=O) groups excluding carboxylic acids is 2. The minimum atomic E-state index is -0.445. The molecule has 4 heteroatoms. The molecule has 2 aromatic rings. The molecule has 0 atom stereocenters. The molecule has 4 nitrogen and oxygen atoms in total. The largest absolute Gasteiger partial charge is 0.466 e. The number of hydrogen-bond donors (Lipinski definition) is 1. The minimum Gasteiger partial charge on any atom is -0.466 e. The molecule has 0 heterocycles. The second-order valence-electron chi connectivity index (χ2n) is 5.17. The van der Waals surface area contributed by atoms with Gasteiger partial charge in [-0.1, -0.05) is 48.0 Å². The highest BCUT2D eigenvalue weighted by Gasteiger charge is 2.10. The summed E-state index contributed by atoms with van der Waals surface area (Å²) >= 11 is 0. The van der Waals surface area contributed by atoms with E-state index in [0.717, 1.165) is 22.3 Å². The van der Waals surface area contributed by atoms with E-state index < -0.39 is 5.97 Å². The molecule has 1 N–H and O–H groups in total. The maximum atomic E-state index is 11.6. The number of aryl methyl sites for hydroxylation is 1. The van der Waals surface area contributed by atoms with Crippen LogP contribution in [-0.4, -0.2) is 19.0 Å². The van der Waals surface area contributed by atoms with E-state index in [2.05, 4.69) is 10.1 Å². The number of ether oxygens (including phenoxy) is 1. The maximum Gasteiger partial charge on any atom is 0.330 e. The SMILES string of the molecule is COC(=O)/C=C/c1cccc(-c2ccc(C)cc2)c1NC(C)=O. The summed E-state index contributed by atoms with van der Waals surface area (Å²) < 4.78 is 4.61. The molecule has 0 saturated heterocycles. The highest BCUT2D eigenvalue weighted by atomic mass is 16.5. The lowest BCUT2D eigenvalue weighted by Crippen LogP contribution is -2.08. The molecule has 1 amide bonds. The van der Waals surface area contributed by atoms with Crippen molar-refractivity contribution in [2.75, 3.05) is 12.4 Å². The van der Waals surface area contributed by atoms with E-state index >= 15 is 0 Å². The Kier molecular flexibility index (Phi) is 5.31. The van der Waals surface area contributed by atoms with Crippen molar-refractivity contribution in [1.29, 1.82) is 0 Å². The van der Waals surface area contributed by atoms with Gasteiger partial charge in [-0.05, 0) is 24.1 Å². The van der Waals surface area contributed by atoms with E-state index in [1.54, 1.807) is 6.08 Å². The lowest BCUT2D eigenvalue weighted by Gasteiger charge is -2.14. The molecular weight excluding hydrogens is 290 g/mol. The third-order valence-corrected chi connectivity index (χ3v) is 3.36. The Labute approximate surface area is 135 Å². The first-order valence-electron chi connectivity index (χ1n) is 7.25. The van der Waals surface area contributed by atoms with Crippen molar-refractivity contribution in [3.63, 3.8) is 0 Å².